The number of carbonyl (C=O) groups is 2. The van der Waals surface area contributed by atoms with Crippen molar-refractivity contribution >= 4 is 23.2 Å². The Morgan fingerprint density at radius 1 is 1.50 bits per heavy atom. The summed E-state index contributed by atoms with van der Waals surface area (Å²) in [5.74, 6) is -0.435. The van der Waals surface area contributed by atoms with Gasteiger partial charge in [0.25, 0.3) is 0 Å². The largest absolute Gasteiger partial charge is 0.506 e. The summed E-state index contributed by atoms with van der Waals surface area (Å²) in [6.07, 6.45) is 0.557. The van der Waals surface area contributed by atoms with Crippen molar-refractivity contribution < 1.29 is 14.7 Å². The summed E-state index contributed by atoms with van der Waals surface area (Å²) in [7, 11) is 1.78. The third-order valence-corrected chi connectivity index (χ3v) is 4.72. The van der Waals surface area contributed by atoms with E-state index in [0.717, 1.165) is 0 Å². The molecule has 5 heteroatoms. The van der Waals surface area contributed by atoms with Gasteiger partial charge < -0.3 is 10.4 Å². The molecule has 1 aromatic rings. The van der Waals surface area contributed by atoms with Gasteiger partial charge in [-0.05, 0) is 45.5 Å². The number of carbonyl (C=O) groups excluding carboxylic acids is 2. The number of ketones is 2. The summed E-state index contributed by atoms with van der Waals surface area (Å²) in [4.78, 5) is 24.4. The number of Topliss-reactive ketones (excluding diaryl/α,β-unsaturated/α-hetero) is 2. The van der Waals surface area contributed by atoms with Crippen LogP contribution >= 0.6 is 11.6 Å². The first-order chi connectivity index (χ1) is 9.34. The second kappa shape index (κ2) is 5.19. The summed E-state index contributed by atoms with van der Waals surface area (Å²) in [5.41, 5.74) is -0.180. The Bertz CT molecular complexity index is 572. The minimum Gasteiger partial charge on any atom is -0.506 e. The fraction of sp³-hybridized carbons (Fsp3) is 0.467. The molecule has 0 spiro atoms. The molecule has 1 aliphatic carbocycles. The van der Waals surface area contributed by atoms with Crippen molar-refractivity contribution in [1.82, 2.24) is 5.32 Å². The number of rotatable bonds is 5. The molecule has 2 N–H and O–H groups in total. The maximum Gasteiger partial charge on any atom is 0.167 e. The molecule has 108 valence electrons. The van der Waals surface area contributed by atoms with Crippen LogP contribution in [0, 0.1) is 11.3 Å². The Morgan fingerprint density at radius 2 is 2.15 bits per heavy atom. The highest BCUT2D eigenvalue weighted by atomic mass is 35.5. The average molecular weight is 296 g/mol. The Hall–Kier alpha value is -1.39. The lowest BCUT2D eigenvalue weighted by atomic mass is 9.88. The van der Waals surface area contributed by atoms with Crippen LogP contribution in [0.1, 0.15) is 30.6 Å². The van der Waals surface area contributed by atoms with Gasteiger partial charge in [0.1, 0.15) is 11.5 Å². The summed E-state index contributed by atoms with van der Waals surface area (Å²) in [6, 6.07) is 4.33. The Kier molecular flexibility index (Phi) is 3.89. The van der Waals surface area contributed by atoms with Crippen LogP contribution in [-0.2, 0) is 4.79 Å². The van der Waals surface area contributed by atoms with Crippen LogP contribution < -0.4 is 5.32 Å². The van der Waals surface area contributed by atoms with E-state index in [-0.39, 0.29) is 34.3 Å². The van der Waals surface area contributed by atoms with Gasteiger partial charge in [0.05, 0.1) is 10.4 Å². The fourth-order valence-corrected chi connectivity index (χ4v) is 3.08. The van der Waals surface area contributed by atoms with E-state index < -0.39 is 5.41 Å². The van der Waals surface area contributed by atoms with Crippen LogP contribution in [0.2, 0.25) is 5.02 Å². The van der Waals surface area contributed by atoms with Crippen molar-refractivity contribution in [2.24, 2.45) is 11.3 Å². The van der Waals surface area contributed by atoms with Crippen LogP contribution in [0.15, 0.2) is 18.2 Å². The standard InChI is InChI=1S/C15H18ClNO3/c1-8(17-3)15(9(2)18)7-11(15)14(20)10-4-5-13(19)12(16)6-10/h4-6,8,11,17,19H,7H2,1-3H3. The molecule has 1 saturated carbocycles. The van der Waals surface area contributed by atoms with Crippen molar-refractivity contribution in [3.05, 3.63) is 28.8 Å². The van der Waals surface area contributed by atoms with Gasteiger partial charge in [-0.2, -0.15) is 0 Å². The van der Waals surface area contributed by atoms with Crippen molar-refractivity contribution in [1.29, 1.82) is 0 Å². The summed E-state index contributed by atoms with van der Waals surface area (Å²) >= 11 is 5.82. The lowest BCUT2D eigenvalue weighted by Gasteiger charge is -2.21. The van der Waals surface area contributed by atoms with Crippen molar-refractivity contribution in [2.75, 3.05) is 7.05 Å². The topological polar surface area (TPSA) is 66.4 Å². The second-order valence-electron chi connectivity index (χ2n) is 5.39. The first-order valence-electron chi connectivity index (χ1n) is 6.55. The fourth-order valence-electron chi connectivity index (χ4n) is 2.90. The molecule has 1 fully saturated rings. The number of hydrogen-bond acceptors (Lipinski definition) is 4. The number of phenols is 1. The molecule has 2 rings (SSSR count). The van der Waals surface area contributed by atoms with Gasteiger partial charge in [0, 0.05) is 17.5 Å². The van der Waals surface area contributed by atoms with Gasteiger partial charge in [-0.3, -0.25) is 9.59 Å². The smallest absolute Gasteiger partial charge is 0.167 e. The van der Waals surface area contributed by atoms with Gasteiger partial charge in [-0.25, -0.2) is 0 Å². The first-order valence-corrected chi connectivity index (χ1v) is 6.93. The third-order valence-electron chi connectivity index (χ3n) is 4.41. The van der Waals surface area contributed by atoms with Gasteiger partial charge in [-0.15, -0.1) is 0 Å². The molecular weight excluding hydrogens is 278 g/mol. The molecule has 0 amide bonds. The van der Waals surface area contributed by atoms with Gasteiger partial charge in [0.15, 0.2) is 5.78 Å². The average Bonchev–Trinajstić information content (AvgIpc) is 3.17. The van der Waals surface area contributed by atoms with E-state index in [0.29, 0.717) is 12.0 Å². The van der Waals surface area contributed by atoms with Crippen LogP contribution in [0.5, 0.6) is 5.75 Å². The van der Waals surface area contributed by atoms with Gasteiger partial charge in [0.2, 0.25) is 0 Å². The molecule has 0 aliphatic heterocycles. The molecule has 0 bridgehead atoms. The van der Waals surface area contributed by atoms with E-state index >= 15 is 0 Å². The summed E-state index contributed by atoms with van der Waals surface area (Å²) in [6.45, 7) is 3.45. The maximum atomic E-state index is 12.5. The van der Waals surface area contributed by atoms with Crippen molar-refractivity contribution in [2.45, 2.75) is 26.3 Å². The monoisotopic (exact) mass is 295 g/mol. The predicted octanol–water partition coefficient (Wildman–Crippen LogP) is 2.43. The minimum absolute atomic E-state index is 0.0302. The Morgan fingerprint density at radius 3 is 2.65 bits per heavy atom. The second-order valence-corrected chi connectivity index (χ2v) is 5.80. The predicted molar refractivity (Wildman–Crippen MR) is 77.2 cm³/mol. The highest BCUT2D eigenvalue weighted by Gasteiger charge is 2.64. The molecule has 20 heavy (non-hydrogen) atoms. The number of aromatic hydroxyl groups is 1. The normalized spacial score (nSPS) is 26.1. The first kappa shape index (κ1) is 15.0. The van der Waals surface area contributed by atoms with Gasteiger partial charge in [-0.1, -0.05) is 11.6 Å². The Labute approximate surface area is 123 Å². The van der Waals surface area contributed by atoms with E-state index in [2.05, 4.69) is 5.32 Å². The SMILES string of the molecule is CNC(C)C1(C(C)=O)CC1C(=O)c1ccc(O)c(Cl)c1. The number of hydrogen-bond donors (Lipinski definition) is 2. The molecule has 3 atom stereocenters. The zero-order valence-corrected chi connectivity index (χ0v) is 12.5. The molecular formula is C15H18ClNO3. The van der Waals surface area contributed by atoms with E-state index in [4.69, 9.17) is 11.6 Å². The van der Waals surface area contributed by atoms with Gasteiger partial charge >= 0.3 is 0 Å². The molecule has 4 nitrogen and oxygen atoms in total. The molecule has 1 aliphatic rings. The van der Waals surface area contributed by atoms with E-state index in [9.17, 15) is 14.7 Å². The summed E-state index contributed by atoms with van der Waals surface area (Å²) < 4.78 is 0. The van der Waals surface area contributed by atoms with E-state index in [1.807, 2.05) is 6.92 Å². The molecule has 0 radical (unpaired) electrons. The maximum absolute atomic E-state index is 12.5. The number of nitrogens with one attached hydrogen (secondary N) is 1. The third kappa shape index (κ3) is 2.23. The zero-order valence-electron chi connectivity index (χ0n) is 11.7. The quantitative estimate of drug-likeness (QED) is 0.819. The lowest BCUT2D eigenvalue weighted by Crippen LogP contribution is -2.39. The van der Waals surface area contributed by atoms with Crippen molar-refractivity contribution in [3.63, 3.8) is 0 Å². The van der Waals surface area contributed by atoms with Crippen LogP contribution in [0.3, 0.4) is 0 Å². The number of phenolic OH excluding ortho intramolecular Hbond substituents is 1. The summed E-state index contributed by atoms with van der Waals surface area (Å²) in [5, 5.41) is 12.6. The highest BCUT2D eigenvalue weighted by molar-refractivity contribution is 6.32. The molecule has 3 unspecified atom stereocenters. The van der Waals surface area contributed by atoms with E-state index in [1.54, 1.807) is 7.05 Å². The van der Waals surface area contributed by atoms with Crippen LogP contribution in [0.4, 0.5) is 0 Å². The molecule has 0 saturated heterocycles. The number of benzene rings is 1. The number of halogens is 1. The molecule has 0 heterocycles. The van der Waals surface area contributed by atoms with Crippen molar-refractivity contribution in [3.8, 4) is 5.75 Å². The Balaban J connectivity index is 2.27. The van der Waals surface area contributed by atoms with Crippen LogP contribution in [0.25, 0.3) is 0 Å². The molecule has 1 aromatic carbocycles. The lowest BCUT2D eigenvalue weighted by molar-refractivity contribution is -0.123. The molecule has 0 aromatic heterocycles. The zero-order chi connectivity index (χ0) is 15.1. The van der Waals surface area contributed by atoms with E-state index in [1.165, 1.54) is 25.1 Å². The van der Waals surface area contributed by atoms with Crippen LogP contribution in [-0.4, -0.2) is 29.8 Å². The minimum atomic E-state index is -0.615. The highest BCUT2D eigenvalue weighted by Crippen LogP contribution is 2.57.